The minimum absolute atomic E-state index is 0.0471. The highest BCUT2D eigenvalue weighted by Crippen LogP contribution is 2.80. The first-order chi connectivity index (χ1) is 30.9. The van der Waals surface area contributed by atoms with Gasteiger partial charge in [0.05, 0.1) is 44.2 Å². The predicted octanol–water partition coefficient (Wildman–Crippen LogP) is 1.18. The highest BCUT2D eigenvalue weighted by Gasteiger charge is 2.81. The molecule has 24 unspecified atom stereocenters. The molecule has 2 bridgehead atoms. The third-order valence-electron chi connectivity index (χ3n) is 18.7. The Balaban J connectivity index is 0.905. The summed E-state index contributed by atoms with van der Waals surface area (Å²) in [6.07, 6.45) is -11.3. The van der Waals surface area contributed by atoms with Crippen LogP contribution in [0, 0.1) is 45.3 Å². The summed E-state index contributed by atoms with van der Waals surface area (Å²) < 4.78 is 55.7. The van der Waals surface area contributed by atoms with Gasteiger partial charge in [0.1, 0.15) is 54.9 Å². The monoisotopic (exact) mass is 941 g/mol. The van der Waals surface area contributed by atoms with Crippen LogP contribution in [-0.2, 0) is 47.4 Å². The van der Waals surface area contributed by atoms with Gasteiger partial charge in [-0.25, -0.2) is 0 Å². The number of aliphatic hydroxyl groups excluding tert-OH is 7. The summed E-state index contributed by atoms with van der Waals surface area (Å²) in [5.41, 5.74) is -0.358. The predicted molar refractivity (Wildman–Crippen MR) is 228 cm³/mol. The first-order valence-electron chi connectivity index (χ1n) is 24.3. The molecule has 0 aromatic carbocycles. The minimum Gasteiger partial charge on any atom is -0.454 e. The van der Waals surface area contributed by atoms with E-state index in [2.05, 4.69) is 47.6 Å². The maximum atomic E-state index is 12.6. The molecule has 4 aliphatic carbocycles. The third kappa shape index (κ3) is 7.69. The highest BCUT2D eigenvalue weighted by atomic mass is 16.8. The Hall–Kier alpha value is -1.43. The quantitative estimate of drug-likeness (QED) is 0.0917. The average molecular weight is 941 g/mol. The van der Waals surface area contributed by atoms with E-state index in [1.165, 1.54) is 6.92 Å². The molecule has 66 heavy (non-hydrogen) atoms. The molecule has 2 spiro atoms. The molecular weight excluding hydrogens is 865 g/mol. The lowest BCUT2D eigenvalue weighted by Crippen LogP contribution is -2.67. The first kappa shape index (κ1) is 49.5. The molecule has 9 rings (SSSR count). The molecule has 376 valence electrons. The van der Waals surface area contributed by atoms with Crippen LogP contribution in [0.25, 0.3) is 0 Å². The largest absolute Gasteiger partial charge is 0.454 e. The van der Waals surface area contributed by atoms with Gasteiger partial charge < -0.3 is 83.5 Å². The summed E-state index contributed by atoms with van der Waals surface area (Å²) in [6, 6.07) is 0. The van der Waals surface area contributed by atoms with Gasteiger partial charge in [0.25, 0.3) is 0 Å². The number of carbonyl (C=O) groups is 1. The average Bonchev–Trinajstić information content (AvgIpc) is 3.76. The normalized spacial score (nSPS) is 55.2. The molecule has 0 radical (unpaired) electrons. The summed E-state index contributed by atoms with van der Waals surface area (Å²) in [7, 11) is 0. The molecule has 24 atom stereocenters. The van der Waals surface area contributed by atoms with Crippen molar-refractivity contribution in [2.45, 2.75) is 210 Å². The van der Waals surface area contributed by atoms with E-state index in [-0.39, 0.29) is 52.3 Å². The number of rotatable bonds is 9. The van der Waals surface area contributed by atoms with Crippen molar-refractivity contribution in [2.75, 3.05) is 26.4 Å². The molecule has 5 heterocycles. The Morgan fingerprint density at radius 1 is 0.758 bits per heavy atom. The molecule has 0 aromatic heterocycles. The van der Waals surface area contributed by atoms with E-state index in [4.69, 9.17) is 42.6 Å². The summed E-state index contributed by atoms with van der Waals surface area (Å²) in [4.78, 5) is 12.6. The molecule has 18 heteroatoms. The Kier molecular flexibility index (Phi) is 13.1. The summed E-state index contributed by atoms with van der Waals surface area (Å²) in [6.45, 7) is 16.0. The SMILES string of the molecule is CC(=O)OC1C(OC2CCC3(C)C(CCC4(C)C3CCC3C5C(C)(O)CC(C=C(C)C)OC56CC34CO6)C2(C)C)OCC(OC2OC(CO)C(O)C(O)C2OC2OCC(O)C(O)C2O)C1O. The van der Waals surface area contributed by atoms with E-state index in [1.807, 2.05) is 6.92 Å². The molecule has 0 aromatic rings. The number of fused-ring (bicyclic) bond motifs is 4. The van der Waals surface area contributed by atoms with Gasteiger partial charge in [0.2, 0.25) is 0 Å². The van der Waals surface area contributed by atoms with E-state index in [0.29, 0.717) is 31.3 Å². The Morgan fingerprint density at radius 3 is 2.18 bits per heavy atom. The van der Waals surface area contributed by atoms with Gasteiger partial charge >= 0.3 is 5.97 Å². The second-order valence-corrected chi connectivity index (χ2v) is 23.1. The zero-order chi connectivity index (χ0) is 47.7. The molecule has 0 amide bonds. The molecule has 5 aliphatic heterocycles. The highest BCUT2D eigenvalue weighted by molar-refractivity contribution is 5.66. The first-order valence-corrected chi connectivity index (χ1v) is 24.3. The lowest BCUT2D eigenvalue weighted by Gasteiger charge is -2.70. The summed E-state index contributed by atoms with van der Waals surface area (Å²) in [5, 5.41) is 86.6. The van der Waals surface area contributed by atoms with E-state index < -0.39 is 110 Å². The van der Waals surface area contributed by atoms with Crippen molar-refractivity contribution in [3.8, 4) is 0 Å². The zero-order valence-corrected chi connectivity index (χ0v) is 39.7. The maximum Gasteiger partial charge on any atom is 0.303 e. The lowest BCUT2D eigenvalue weighted by molar-refractivity contribution is -0.378. The van der Waals surface area contributed by atoms with Gasteiger partial charge in [-0.1, -0.05) is 39.3 Å². The van der Waals surface area contributed by atoms with Crippen LogP contribution in [0.4, 0.5) is 0 Å². The molecule has 4 saturated carbocycles. The molecule has 9 fully saturated rings. The summed E-state index contributed by atoms with van der Waals surface area (Å²) in [5.74, 6) is -0.654. The number of carbonyl (C=O) groups excluding carboxylic acids is 1. The number of ether oxygens (including phenoxy) is 9. The number of hydrogen-bond donors (Lipinski definition) is 8. The van der Waals surface area contributed by atoms with Gasteiger partial charge in [-0.3, -0.25) is 4.79 Å². The standard InChI is InChI=1S/C48H76O18/c1-22(2)15-24-16-46(8,57)39-25-9-10-30-44(6)13-12-31(43(4,5)29(44)11-14-45(30,7)47(25)20-48(39,66-24)60-21-47)64-41-37(61-23(3)50)34(54)28(19-59-41)63-42-38(35(55)33(53)27(17-49)62-42)65-40-36(56)32(52)26(51)18-58-40/h15,24-42,49,51-57H,9-14,16-21H2,1-8H3. The van der Waals surface area contributed by atoms with Crippen molar-refractivity contribution in [1.29, 1.82) is 0 Å². The fourth-order valence-corrected chi connectivity index (χ4v) is 15.8. The van der Waals surface area contributed by atoms with Gasteiger partial charge in [-0.15, -0.1) is 0 Å². The van der Waals surface area contributed by atoms with Crippen LogP contribution in [0.15, 0.2) is 11.6 Å². The Morgan fingerprint density at radius 2 is 1.48 bits per heavy atom. The van der Waals surface area contributed by atoms with Crippen LogP contribution in [0.1, 0.15) is 107 Å². The van der Waals surface area contributed by atoms with Crippen LogP contribution >= 0.6 is 0 Å². The van der Waals surface area contributed by atoms with Crippen molar-refractivity contribution in [3.63, 3.8) is 0 Å². The van der Waals surface area contributed by atoms with Crippen molar-refractivity contribution < 1.29 is 88.3 Å². The van der Waals surface area contributed by atoms with E-state index in [0.717, 1.165) is 44.1 Å². The maximum absolute atomic E-state index is 12.6. The van der Waals surface area contributed by atoms with Crippen LogP contribution in [0.5, 0.6) is 0 Å². The van der Waals surface area contributed by atoms with E-state index >= 15 is 0 Å². The Labute approximate surface area is 387 Å². The number of aliphatic hydroxyl groups is 8. The van der Waals surface area contributed by atoms with Crippen molar-refractivity contribution in [3.05, 3.63) is 11.6 Å². The number of hydrogen-bond acceptors (Lipinski definition) is 18. The zero-order valence-electron chi connectivity index (χ0n) is 39.7. The van der Waals surface area contributed by atoms with Gasteiger partial charge in [0, 0.05) is 31.1 Å². The lowest BCUT2D eigenvalue weighted by atomic mass is 9.35. The van der Waals surface area contributed by atoms with Gasteiger partial charge in [0.15, 0.2) is 30.8 Å². The van der Waals surface area contributed by atoms with Crippen molar-refractivity contribution in [1.82, 2.24) is 0 Å². The molecule has 8 N–H and O–H groups in total. The van der Waals surface area contributed by atoms with E-state index in [9.17, 15) is 45.6 Å². The summed E-state index contributed by atoms with van der Waals surface area (Å²) >= 11 is 0. The smallest absolute Gasteiger partial charge is 0.303 e. The minimum atomic E-state index is -1.77. The molecule has 9 aliphatic rings. The van der Waals surface area contributed by atoms with Crippen LogP contribution in [0.3, 0.4) is 0 Å². The number of esters is 1. The topological polar surface area (TPSA) is 262 Å². The van der Waals surface area contributed by atoms with Crippen molar-refractivity contribution in [2.24, 2.45) is 45.3 Å². The second-order valence-electron chi connectivity index (χ2n) is 23.1. The van der Waals surface area contributed by atoms with Gasteiger partial charge in [-0.05, 0) is 93.3 Å². The molecular formula is C48H76O18. The fraction of sp³-hybridized carbons (Fsp3) is 0.938. The van der Waals surface area contributed by atoms with Crippen LogP contribution < -0.4 is 0 Å². The molecule has 18 nitrogen and oxygen atoms in total. The molecule has 5 saturated heterocycles. The second kappa shape index (κ2) is 17.4. The van der Waals surface area contributed by atoms with Gasteiger partial charge in [-0.2, -0.15) is 0 Å². The van der Waals surface area contributed by atoms with Crippen LogP contribution in [-0.4, -0.2) is 177 Å². The van der Waals surface area contributed by atoms with E-state index in [1.54, 1.807) is 0 Å². The van der Waals surface area contributed by atoms with Crippen molar-refractivity contribution >= 4 is 5.97 Å². The fourth-order valence-electron chi connectivity index (χ4n) is 15.8. The third-order valence-corrected chi connectivity index (χ3v) is 18.7. The van der Waals surface area contributed by atoms with Crippen LogP contribution in [0.2, 0.25) is 0 Å². The Bertz CT molecular complexity index is 1830. The number of allylic oxidation sites excluding steroid dienone is 1.